The Morgan fingerprint density at radius 2 is 1.62 bits per heavy atom. The van der Waals surface area contributed by atoms with Gasteiger partial charge < -0.3 is 9.31 Å². The fourth-order valence-electron chi connectivity index (χ4n) is 3.70. The third-order valence-corrected chi connectivity index (χ3v) is 6.43. The van der Waals surface area contributed by atoms with Gasteiger partial charge in [-0.05, 0) is 60.1 Å². The second-order valence-electron chi connectivity index (χ2n) is 9.00. The third kappa shape index (κ3) is 3.70. The molecule has 3 rings (SSSR count). The fourth-order valence-corrected chi connectivity index (χ4v) is 3.70. The van der Waals surface area contributed by atoms with E-state index in [2.05, 4.69) is 30.7 Å². The van der Waals surface area contributed by atoms with Crippen LogP contribution in [0.5, 0.6) is 0 Å². The molecule has 0 radical (unpaired) electrons. The van der Waals surface area contributed by atoms with Crippen molar-refractivity contribution in [3.8, 4) is 0 Å². The van der Waals surface area contributed by atoms with E-state index < -0.39 is 18.3 Å². The second kappa shape index (κ2) is 6.90. The number of benzene rings is 1. The zero-order valence-electron chi connectivity index (χ0n) is 17.2. The molecule has 0 amide bonds. The van der Waals surface area contributed by atoms with Crippen LogP contribution < -0.4 is 5.46 Å². The Bertz CT molecular complexity index is 639. The molecule has 1 aromatic rings. The molecule has 6 heteroatoms. The maximum atomic E-state index is 14.8. The van der Waals surface area contributed by atoms with Gasteiger partial charge in [0, 0.05) is 37.3 Å². The Kier molecular flexibility index (Phi) is 5.25. The van der Waals surface area contributed by atoms with Crippen LogP contribution in [0.1, 0.15) is 47.1 Å². The van der Waals surface area contributed by atoms with Crippen LogP contribution in [0.3, 0.4) is 0 Å². The van der Waals surface area contributed by atoms with Crippen molar-refractivity contribution in [2.45, 2.75) is 71.4 Å². The molecule has 2 fully saturated rings. The van der Waals surface area contributed by atoms with Crippen molar-refractivity contribution in [1.29, 1.82) is 0 Å². The molecule has 0 bridgehead atoms. The fraction of sp³-hybridized carbons (Fsp3) is 0.700. The molecular formula is C20H32BFN2O2. The minimum Gasteiger partial charge on any atom is -0.399 e. The van der Waals surface area contributed by atoms with Crippen LogP contribution in [0.25, 0.3) is 0 Å². The van der Waals surface area contributed by atoms with Gasteiger partial charge in [-0.2, -0.15) is 0 Å². The lowest BCUT2D eigenvalue weighted by Gasteiger charge is -2.42. The standard InChI is InChI=1S/C20H32BFN2O2/c1-14-11-24(12-15(2)23(14)7)13-16-8-9-17(10-18(16)22)21-25-19(3,4)20(5,6)26-21/h8-10,14-15H,11-13H2,1-7H3. The average molecular weight is 362 g/mol. The Morgan fingerprint density at radius 3 is 2.12 bits per heavy atom. The van der Waals surface area contributed by atoms with Gasteiger partial charge in [-0.15, -0.1) is 0 Å². The van der Waals surface area contributed by atoms with Crippen molar-refractivity contribution in [2.75, 3.05) is 20.1 Å². The summed E-state index contributed by atoms with van der Waals surface area (Å²) in [7, 11) is 1.64. The van der Waals surface area contributed by atoms with Crippen LogP contribution >= 0.6 is 0 Å². The lowest BCUT2D eigenvalue weighted by molar-refractivity contribution is 0.00578. The predicted octanol–water partition coefficient (Wildman–Crippen LogP) is 2.65. The number of likely N-dealkylation sites (N-methyl/N-ethyl adjacent to an activating group) is 1. The van der Waals surface area contributed by atoms with E-state index in [-0.39, 0.29) is 5.82 Å². The Labute approximate surface area is 157 Å². The first-order valence-electron chi connectivity index (χ1n) is 9.58. The quantitative estimate of drug-likeness (QED) is 0.772. The van der Waals surface area contributed by atoms with Gasteiger partial charge in [0.25, 0.3) is 0 Å². The van der Waals surface area contributed by atoms with E-state index in [1.807, 2.05) is 39.8 Å². The molecule has 26 heavy (non-hydrogen) atoms. The Morgan fingerprint density at radius 1 is 1.08 bits per heavy atom. The minimum atomic E-state index is -0.521. The maximum absolute atomic E-state index is 14.8. The predicted molar refractivity (Wildman–Crippen MR) is 104 cm³/mol. The van der Waals surface area contributed by atoms with Crippen molar-refractivity contribution in [3.05, 3.63) is 29.6 Å². The molecule has 2 atom stereocenters. The molecule has 0 N–H and O–H groups in total. The number of halogens is 1. The van der Waals surface area contributed by atoms with Gasteiger partial charge in [0.15, 0.2) is 0 Å². The summed E-state index contributed by atoms with van der Waals surface area (Å²) in [5.41, 5.74) is 0.636. The van der Waals surface area contributed by atoms with Crippen molar-refractivity contribution >= 4 is 12.6 Å². The van der Waals surface area contributed by atoms with Crippen LogP contribution in [-0.4, -0.2) is 60.3 Å². The monoisotopic (exact) mass is 362 g/mol. The number of nitrogens with zero attached hydrogens (tertiary/aromatic N) is 2. The molecule has 2 unspecified atom stereocenters. The van der Waals surface area contributed by atoms with E-state index in [1.165, 1.54) is 0 Å². The zero-order chi connectivity index (χ0) is 19.3. The van der Waals surface area contributed by atoms with Gasteiger partial charge in [0.05, 0.1) is 11.2 Å². The normalized spacial score (nSPS) is 29.3. The molecule has 0 aromatic heterocycles. The molecular weight excluding hydrogens is 330 g/mol. The third-order valence-electron chi connectivity index (χ3n) is 6.43. The van der Waals surface area contributed by atoms with Crippen molar-refractivity contribution in [3.63, 3.8) is 0 Å². The highest BCUT2D eigenvalue weighted by Crippen LogP contribution is 2.36. The number of rotatable bonds is 3. The highest BCUT2D eigenvalue weighted by molar-refractivity contribution is 6.62. The van der Waals surface area contributed by atoms with Crippen molar-refractivity contribution in [1.82, 2.24) is 9.80 Å². The first-order chi connectivity index (χ1) is 12.0. The summed E-state index contributed by atoms with van der Waals surface area (Å²) < 4.78 is 26.8. The van der Waals surface area contributed by atoms with Gasteiger partial charge in [0.1, 0.15) is 5.82 Å². The molecule has 2 aliphatic heterocycles. The van der Waals surface area contributed by atoms with Crippen LogP contribution in [0.4, 0.5) is 4.39 Å². The molecule has 0 aliphatic carbocycles. The first kappa shape index (κ1) is 19.8. The zero-order valence-corrected chi connectivity index (χ0v) is 17.2. The summed E-state index contributed by atoms with van der Waals surface area (Å²) in [4.78, 5) is 4.72. The van der Waals surface area contributed by atoms with E-state index in [4.69, 9.17) is 9.31 Å². The van der Waals surface area contributed by atoms with E-state index in [9.17, 15) is 4.39 Å². The topological polar surface area (TPSA) is 24.9 Å². The maximum Gasteiger partial charge on any atom is 0.494 e. The van der Waals surface area contributed by atoms with E-state index >= 15 is 0 Å². The molecule has 2 aliphatic rings. The van der Waals surface area contributed by atoms with Crippen molar-refractivity contribution < 1.29 is 13.7 Å². The van der Waals surface area contributed by atoms with E-state index in [0.29, 0.717) is 18.6 Å². The number of hydrogen-bond acceptors (Lipinski definition) is 4. The number of hydrogen-bond donors (Lipinski definition) is 0. The van der Waals surface area contributed by atoms with Gasteiger partial charge >= 0.3 is 7.12 Å². The SMILES string of the molecule is CC1CN(Cc2ccc(B3OC(C)(C)C(C)(C)O3)cc2F)CC(C)N1C. The summed E-state index contributed by atoms with van der Waals surface area (Å²) >= 11 is 0. The second-order valence-corrected chi connectivity index (χ2v) is 9.00. The van der Waals surface area contributed by atoms with Gasteiger partial charge in [0.2, 0.25) is 0 Å². The lowest BCUT2D eigenvalue weighted by atomic mass is 9.78. The molecule has 4 nitrogen and oxygen atoms in total. The van der Waals surface area contributed by atoms with Crippen molar-refractivity contribution in [2.24, 2.45) is 0 Å². The number of piperazine rings is 1. The summed E-state index contributed by atoms with van der Waals surface area (Å²) in [6, 6.07) is 6.34. The molecule has 0 saturated carbocycles. The summed E-state index contributed by atoms with van der Waals surface area (Å²) in [5, 5.41) is 0. The summed E-state index contributed by atoms with van der Waals surface area (Å²) in [6.07, 6.45) is 0. The van der Waals surface area contributed by atoms with Gasteiger partial charge in [-0.1, -0.05) is 12.1 Å². The molecule has 2 heterocycles. The Hall–Kier alpha value is -0.945. The molecule has 1 aromatic carbocycles. The Balaban J connectivity index is 1.71. The largest absolute Gasteiger partial charge is 0.494 e. The highest BCUT2D eigenvalue weighted by Gasteiger charge is 2.51. The van der Waals surface area contributed by atoms with Crippen LogP contribution in [0, 0.1) is 5.82 Å². The lowest BCUT2D eigenvalue weighted by Crippen LogP contribution is -2.54. The molecule has 2 saturated heterocycles. The summed E-state index contributed by atoms with van der Waals surface area (Å²) in [5.74, 6) is -0.184. The van der Waals surface area contributed by atoms with Crippen LogP contribution in [0.2, 0.25) is 0 Å². The molecule has 144 valence electrons. The highest BCUT2D eigenvalue weighted by atomic mass is 19.1. The van der Waals surface area contributed by atoms with Gasteiger partial charge in [-0.25, -0.2) is 4.39 Å². The van der Waals surface area contributed by atoms with Gasteiger partial charge in [-0.3, -0.25) is 9.80 Å². The minimum absolute atomic E-state index is 0.184. The summed E-state index contributed by atoms with van der Waals surface area (Å²) in [6.45, 7) is 15.0. The van der Waals surface area contributed by atoms with E-state index in [1.54, 1.807) is 6.07 Å². The van der Waals surface area contributed by atoms with Crippen LogP contribution in [0.15, 0.2) is 18.2 Å². The smallest absolute Gasteiger partial charge is 0.399 e. The van der Waals surface area contributed by atoms with E-state index in [0.717, 1.165) is 24.1 Å². The first-order valence-corrected chi connectivity index (χ1v) is 9.58. The average Bonchev–Trinajstić information content (AvgIpc) is 2.75. The molecule has 0 spiro atoms. The van der Waals surface area contributed by atoms with Crippen LogP contribution in [-0.2, 0) is 15.9 Å².